The molecule has 2 aromatic rings. The first-order chi connectivity index (χ1) is 11.9. The third-order valence-corrected chi connectivity index (χ3v) is 4.45. The first-order valence-corrected chi connectivity index (χ1v) is 8.37. The maximum atomic E-state index is 9.67. The fourth-order valence-corrected chi connectivity index (χ4v) is 2.99. The number of rotatable bonds is 6. The highest BCUT2D eigenvalue weighted by atomic mass is 16.5. The van der Waals surface area contributed by atoms with Crippen LogP contribution in [0.15, 0.2) is 52.6 Å². The number of fused-ring (bicyclic) bond motifs is 1. The van der Waals surface area contributed by atoms with Crippen LogP contribution in [0.3, 0.4) is 0 Å². The average molecular weight is 343 g/mol. The molecule has 5 heteroatoms. The molecule has 2 heterocycles. The van der Waals surface area contributed by atoms with Gasteiger partial charge in [-0.05, 0) is 51.1 Å². The number of nitrogens with zero attached hydrogens (tertiary/aromatic N) is 1. The van der Waals surface area contributed by atoms with Gasteiger partial charge in [0, 0.05) is 24.3 Å². The lowest BCUT2D eigenvalue weighted by Crippen LogP contribution is -2.51. The van der Waals surface area contributed by atoms with Crippen LogP contribution in [-0.2, 0) is 4.74 Å². The van der Waals surface area contributed by atoms with Crippen LogP contribution in [0.5, 0.6) is 5.75 Å². The van der Waals surface area contributed by atoms with Gasteiger partial charge in [-0.2, -0.15) is 0 Å². The van der Waals surface area contributed by atoms with Crippen LogP contribution in [0.1, 0.15) is 19.6 Å². The number of ether oxygens (including phenoxy) is 2. The van der Waals surface area contributed by atoms with Crippen molar-refractivity contribution in [2.75, 3.05) is 20.3 Å². The molecule has 1 aromatic carbocycles. The van der Waals surface area contributed by atoms with E-state index in [4.69, 9.17) is 13.9 Å². The molecule has 25 heavy (non-hydrogen) atoms. The Hall–Kier alpha value is -2.24. The van der Waals surface area contributed by atoms with Gasteiger partial charge in [0.1, 0.15) is 23.7 Å². The van der Waals surface area contributed by atoms with Crippen LogP contribution in [-0.4, -0.2) is 42.1 Å². The summed E-state index contributed by atoms with van der Waals surface area (Å²) < 4.78 is 17.2. The summed E-state index contributed by atoms with van der Waals surface area (Å²) in [5.74, 6) is 1.67. The van der Waals surface area contributed by atoms with Crippen LogP contribution in [0, 0.1) is 6.92 Å². The number of hydrogen-bond acceptors (Lipinski definition) is 5. The molecule has 0 aliphatic carbocycles. The summed E-state index contributed by atoms with van der Waals surface area (Å²) in [5, 5.41) is 10.7. The van der Waals surface area contributed by atoms with E-state index >= 15 is 0 Å². The SMILES string of the molecule is COC1C(COc2ccc3oc(C)cc3c2)=CC=CN1C(C)(C)CO. The molecular formula is C20H25NO4. The van der Waals surface area contributed by atoms with Crippen LogP contribution < -0.4 is 4.74 Å². The fourth-order valence-electron chi connectivity index (χ4n) is 2.99. The van der Waals surface area contributed by atoms with Crippen molar-refractivity contribution in [1.29, 1.82) is 0 Å². The van der Waals surface area contributed by atoms with Gasteiger partial charge < -0.3 is 23.9 Å². The molecule has 0 saturated carbocycles. The molecule has 1 aliphatic rings. The van der Waals surface area contributed by atoms with Gasteiger partial charge in [0.15, 0.2) is 6.23 Å². The quantitative estimate of drug-likeness (QED) is 0.868. The van der Waals surface area contributed by atoms with E-state index in [1.807, 2.05) is 68.3 Å². The molecule has 0 spiro atoms. The third kappa shape index (κ3) is 3.57. The Bertz CT molecular complexity index is 803. The minimum atomic E-state index is -0.427. The molecule has 1 N–H and O–H groups in total. The van der Waals surface area contributed by atoms with Crippen molar-refractivity contribution in [3.05, 3.63) is 54.0 Å². The van der Waals surface area contributed by atoms with Crippen molar-refractivity contribution in [3.63, 3.8) is 0 Å². The summed E-state index contributed by atoms with van der Waals surface area (Å²) in [6, 6.07) is 7.79. The Balaban J connectivity index is 1.74. The lowest BCUT2D eigenvalue weighted by Gasteiger charge is -2.43. The number of aliphatic hydroxyl groups excluding tert-OH is 1. The van der Waals surface area contributed by atoms with Gasteiger partial charge >= 0.3 is 0 Å². The zero-order chi connectivity index (χ0) is 18.0. The van der Waals surface area contributed by atoms with Crippen LogP contribution in [0.2, 0.25) is 0 Å². The number of allylic oxidation sites excluding steroid dienone is 2. The van der Waals surface area contributed by atoms with E-state index in [2.05, 4.69) is 0 Å². The predicted molar refractivity (Wildman–Crippen MR) is 97.5 cm³/mol. The van der Waals surface area contributed by atoms with Crippen molar-refractivity contribution in [3.8, 4) is 5.75 Å². The zero-order valence-corrected chi connectivity index (χ0v) is 15.2. The lowest BCUT2D eigenvalue weighted by atomic mass is 10.0. The summed E-state index contributed by atoms with van der Waals surface area (Å²) in [6.45, 7) is 6.32. The summed E-state index contributed by atoms with van der Waals surface area (Å²) in [5.41, 5.74) is 1.43. The van der Waals surface area contributed by atoms with Crippen LogP contribution in [0.4, 0.5) is 0 Å². The van der Waals surface area contributed by atoms with Crippen LogP contribution >= 0.6 is 0 Å². The number of hydrogen-bond donors (Lipinski definition) is 1. The number of furan rings is 1. The van der Waals surface area contributed by atoms with E-state index in [9.17, 15) is 5.11 Å². The number of methoxy groups -OCH3 is 1. The number of aliphatic hydroxyl groups is 1. The van der Waals surface area contributed by atoms with Crippen molar-refractivity contribution in [2.45, 2.75) is 32.5 Å². The lowest BCUT2D eigenvalue weighted by molar-refractivity contribution is -0.0496. The van der Waals surface area contributed by atoms with Gasteiger partial charge in [0.25, 0.3) is 0 Å². The van der Waals surface area contributed by atoms with E-state index in [-0.39, 0.29) is 12.8 Å². The van der Waals surface area contributed by atoms with E-state index in [1.54, 1.807) is 7.11 Å². The van der Waals surface area contributed by atoms with E-state index in [1.165, 1.54) is 0 Å². The molecular weight excluding hydrogens is 318 g/mol. The van der Waals surface area contributed by atoms with Gasteiger partial charge in [-0.1, -0.05) is 6.08 Å². The predicted octanol–water partition coefficient (Wildman–Crippen LogP) is 3.62. The fraction of sp³-hybridized carbons (Fsp3) is 0.400. The Morgan fingerprint density at radius 3 is 2.80 bits per heavy atom. The smallest absolute Gasteiger partial charge is 0.155 e. The second kappa shape index (κ2) is 6.94. The molecule has 0 amide bonds. The largest absolute Gasteiger partial charge is 0.489 e. The topological polar surface area (TPSA) is 55.1 Å². The van der Waals surface area contributed by atoms with Gasteiger partial charge in [-0.3, -0.25) is 0 Å². The molecule has 1 aromatic heterocycles. The van der Waals surface area contributed by atoms with E-state index in [0.29, 0.717) is 6.61 Å². The van der Waals surface area contributed by atoms with Crippen molar-refractivity contribution >= 4 is 11.0 Å². The summed E-state index contributed by atoms with van der Waals surface area (Å²) in [7, 11) is 1.67. The first kappa shape index (κ1) is 17.6. The highest BCUT2D eigenvalue weighted by Crippen LogP contribution is 2.28. The van der Waals surface area contributed by atoms with Gasteiger partial charge in [-0.25, -0.2) is 0 Å². The minimum Gasteiger partial charge on any atom is -0.489 e. The molecule has 0 bridgehead atoms. The first-order valence-electron chi connectivity index (χ1n) is 8.37. The summed E-state index contributed by atoms with van der Waals surface area (Å²) in [4.78, 5) is 2.01. The normalized spacial score (nSPS) is 17.9. The second-order valence-corrected chi connectivity index (χ2v) is 6.89. The summed E-state index contributed by atoms with van der Waals surface area (Å²) >= 11 is 0. The Kier molecular flexibility index (Phi) is 4.88. The Labute approximate surface area is 148 Å². The second-order valence-electron chi connectivity index (χ2n) is 6.89. The molecule has 0 saturated heterocycles. The Morgan fingerprint density at radius 2 is 2.08 bits per heavy atom. The molecule has 5 nitrogen and oxygen atoms in total. The van der Waals surface area contributed by atoms with Crippen molar-refractivity contribution < 1.29 is 19.0 Å². The minimum absolute atomic E-state index is 0.0296. The van der Waals surface area contributed by atoms with Crippen molar-refractivity contribution in [1.82, 2.24) is 4.90 Å². The van der Waals surface area contributed by atoms with Gasteiger partial charge in [0.2, 0.25) is 0 Å². The maximum absolute atomic E-state index is 9.67. The number of aryl methyl sites for hydroxylation is 1. The molecule has 3 rings (SSSR count). The highest BCUT2D eigenvalue weighted by molar-refractivity contribution is 5.79. The van der Waals surface area contributed by atoms with E-state index < -0.39 is 5.54 Å². The molecule has 1 atom stereocenters. The van der Waals surface area contributed by atoms with Gasteiger partial charge in [-0.15, -0.1) is 0 Å². The molecule has 1 aliphatic heterocycles. The molecule has 134 valence electrons. The highest BCUT2D eigenvalue weighted by Gasteiger charge is 2.33. The summed E-state index contributed by atoms with van der Waals surface area (Å²) in [6.07, 6.45) is 5.62. The zero-order valence-electron chi connectivity index (χ0n) is 15.2. The van der Waals surface area contributed by atoms with Crippen molar-refractivity contribution in [2.24, 2.45) is 0 Å². The maximum Gasteiger partial charge on any atom is 0.155 e. The number of benzene rings is 1. The van der Waals surface area contributed by atoms with Crippen LogP contribution in [0.25, 0.3) is 11.0 Å². The average Bonchev–Trinajstić information content (AvgIpc) is 2.98. The third-order valence-electron chi connectivity index (χ3n) is 4.45. The standard InChI is InChI=1S/C20H25NO4/c1-14-10-16-11-17(7-8-18(16)25-14)24-12-15-6-5-9-21(19(15)23-4)20(2,3)13-22/h5-11,19,22H,12-13H2,1-4H3. The molecule has 0 fully saturated rings. The van der Waals surface area contributed by atoms with Gasteiger partial charge in [0.05, 0.1) is 12.1 Å². The monoisotopic (exact) mass is 343 g/mol. The molecule has 1 unspecified atom stereocenters. The Morgan fingerprint density at radius 1 is 1.28 bits per heavy atom. The molecule has 0 radical (unpaired) electrons. The van der Waals surface area contributed by atoms with E-state index in [0.717, 1.165) is 28.1 Å².